The minimum atomic E-state index is -0.260. The van der Waals surface area contributed by atoms with Crippen molar-refractivity contribution in [3.63, 3.8) is 0 Å². The topological polar surface area (TPSA) is 70.2 Å². The van der Waals surface area contributed by atoms with Crippen molar-refractivity contribution in [2.75, 3.05) is 25.0 Å². The lowest BCUT2D eigenvalue weighted by molar-refractivity contribution is 0.194. The molecule has 0 bridgehead atoms. The molecule has 0 saturated carbocycles. The standard InChI is InChI=1S/C15H17Cl3N4O2/c1-2-5-22(15(23)21-14-19-3-4-20-14)6-7-24-13-11(17)8-10(16)9-12(13)18/h3-4,8-9H,2,5-7H2,1H3,(H2,19,20,21,23). The molecule has 0 fully saturated rings. The molecule has 0 spiro atoms. The molecule has 0 aliphatic heterocycles. The normalized spacial score (nSPS) is 10.5. The van der Waals surface area contributed by atoms with Gasteiger partial charge in [-0.1, -0.05) is 41.7 Å². The van der Waals surface area contributed by atoms with Gasteiger partial charge in [0.2, 0.25) is 5.95 Å². The monoisotopic (exact) mass is 390 g/mol. The second-order valence-electron chi connectivity index (χ2n) is 4.90. The molecule has 0 saturated heterocycles. The highest BCUT2D eigenvalue weighted by atomic mass is 35.5. The molecule has 2 aromatic rings. The number of amides is 2. The van der Waals surface area contributed by atoms with Crippen molar-refractivity contribution in [1.82, 2.24) is 14.9 Å². The van der Waals surface area contributed by atoms with Crippen LogP contribution in [-0.4, -0.2) is 40.6 Å². The number of halogens is 3. The van der Waals surface area contributed by atoms with Crippen molar-refractivity contribution < 1.29 is 9.53 Å². The maximum atomic E-state index is 12.3. The molecule has 0 aliphatic carbocycles. The van der Waals surface area contributed by atoms with Crippen LogP contribution in [0.2, 0.25) is 15.1 Å². The van der Waals surface area contributed by atoms with Crippen LogP contribution in [0, 0.1) is 0 Å². The molecule has 0 radical (unpaired) electrons. The Morgan fingerprint density at radius 3 is 2.58 bits per heavy atom. The van der Waals surface area contributed by atoms with Gasteiger partial charge in [0.15, 0.2) is 5.75 Å². The first-order valence-corrected chi connectivity index (χ1v) is 8.47. The van der Waals surface area contributed by atoms with Gasteiger partial charge in [-0.15, -0.1) is 0 Å². The molecule has 1 aromatic carbocycles. The third-order valence-electron chi connectivity index (χ3n) is 3.07. The average Bonchev–Trinajstić information content (AvgIpc) is 3.01. The maximum absolute atomic E-state index is 12.3. The lowest BCUT2D eigenvalue weighted by Crippen LogP contribution is -2.38. The number of rotatable bonds is 7. The first kappa shape index (κ1) is 18.7. The molecular formula is C15H17Cl3N4O2. The molecule has 2 N–H and O–H groups in total. The predicted octanol–water partition coefficient (Wildman–Crippen LogP) is 4.69. The lowest BCUT2D eigenvalue weighted by Gasteiger charge is -2.22. The van der Waals surface area contributed by atoms with E-state index in [-0.39, 0.29) is 12.6 Å². The van der Waals surface area contributed by atoms with Gasteiger partial charge in [0.05, 0.1) is 16.6 Å². The SMILES string of the molecule is CCCN(CCOc1c(Cl)cc(Cl)cc1Cl)C(=O)Nc1ncc[nH]1. The molecule has 6 nitrogen and oxygen atoms in total. The van der Waals surface area contributed by atoms with Crippen molar-refractivity contribution in [3.8, 4) is 5.75 Å². The van der Waals surface area contributed by atoms with Crippen LogP contribution in [0.3, 0.4) is 0 Å². The first-order chi connectivity index (χ1) is 11.5. The minimum absolute atomic E-state index is 0.243. The number of nitrogens with zero attached hydrogens (tertiary/aromatic N) is 2. The Hall–Kier alpha value is -1.63. The van der Waals surface area contributed by atoms with Gasteiger partial charge in [0.25, 0.3) is 0 Å². The second-order valence-corrected chi connectivity index (χ2v) is 6.15. The quantitative estimate of drug-likeness (QED) is 0.719. The third kappa shape index (κ3) is 5.19. The van der Waals surface area contributed by atoms with Crippen LogP contribution in [-0.2, 0) is 0 Å². The molecule has 2 amide bonds. The number of carbonyl (C=O) groups is 1. The zero-order valence-corrected chi connectivity index (χ0v) is 15.3. The molecule has 0 aliphatic rings. The highest BCUT2D eigenvalue weighted by molar-refractivity contribution is 6.40. The highest BCUT2D eigenvalue weighted by Gasteiger charge is 2.15. The van der Waals surface area contributed by atoms with Crippen molar-refractivity contribution in [1.29, 1.82) is 0 Å². The highest BCUT2D eigenvalue weighted by Crippen LogP contribution is 2.35. The predicted molar refractivity (Wildman–Crippen MR) is 96.4 cm³/mol. The van der Waals surface area contributed by atoms with E-state index >= 15 is 0 Å². The van der Waals surface area contributed by atoms with E-state index in [1.807, 2.05) is 6.92 Å². The summed E-state index contributed by atoms with van der Waals surface area (Å²) in [6.45, 7) is 3.18. The second kappa shape index (κ2) is 9.01. The summed E-state index contributed by atoms with van der Waals surface area (Å²) in [4.78, 5) is 20.7. The van der Waals surface area contributed by atoms with E-state index in [1.54, 1.807) is 29.4 Å². The Labute approximate surface area is 155 Å². The summed E-state index contributed by atoms with van der Waals surface area (Å²) in [6.07, 6.45) is 4.01. The van der Waals surface area contributed by atoms with Crippen LogP contribution < -0.4 is 10.1 Å². The molecule has 2 rings (SSSR count). The number of nitrogens with one attached hydrogen (secondary N) is 2. The summed E-state index contributed by atoms with van der Waals surface area (Å²) in [5, 5.41) is 3.77. The van der Waals surface area contributed by atoms with Gasteiger partial charge in [-0.3, -0.25) is 5.32 Å². The van der Waals surface area contributed by atoms with E-state index in [0.717, 1.165) is 6.42 Å². The van der Waals surface area contributed by atoms with Gasteiger partial charge in [0.1, 0.15) is 6.61 Å². The Balaban J connectivity index is 1.93. The molecule has 1 aromatic heterocycles. The summed E-state index contributed by atoms with van der Waals surface area (Å²) in [6, 6.07) is 2.85. The van der Waals surface area contributed by atoms with Crippen LogP contribution in [0.25, 0.3) is 0 Å². The summed E-state index contributed by atoms with van der Waals surface area (Å²) >= 11 is 18.0. The number of H-pyrrole nitrogens is 1. The van der Waals surface area contributed by atoms with Gasteiger partial charge >= 0.3 is 6.03 Å². The number of imidazole rings is 1. The van der Waals surface area contributed by atoms with Gasteiger partial charge in [-0.05, 0) is 18.6 Å². The van der Waals surface area contributed by atoms with E-state index in [2.05, 4.69) is 15.3 Å². The summed E-state index contributed by atoms with van der Waals surface area (Å²) in [7, 11) is 0. The van der Waals surface area contributed by atoms with Crippen LogP contribution in [0.15, 0.2) is 24.5 Å². The number of anilines is 1. The Bertz CT molecular complexity index is 656. The molecular weight excluding hydrogens is 375 g/mol. The fraction of sp³-hybridized carbons (Fsp3) is 0.333. The largest absolute Gasteiger partial charge is 0.489 e. The molecule has 0 unspecified atom stereocenters. The molecule has 9 heteroatoms. The number of urea groups is 1. The van der Waals surface area contributed by atoms with Gasteiger partial charge < -0.3 is 14.6 Å². The van der Waals surface area contributed by atoms with E-state index in [4.69, 9.17) is 39.5 Å². The molecule has 0 atom stereocenters. The van der Waals surface area contributed by atoms with Gasteiger partial charge in [0, 0.05) is 24.0 Å². The van der Waals surface area contributed by atoms with E-state index < -0.39 is 0 Å². The van der Waals surface area contributed by atoms with Gasteiger partial charge in [-0.25, -0.2) is 9.78 Å². The zero-order chi connectivity index (χ0) is 17.5. The number of benzene rings is 1. The lowest BCUT2D eigenvalue weighted by atomic mass is 10.3. The molecule has 130 valence electrons. The first-order valence-electron chi connectivity index (χ1n) is 7.34. The smallest absolute Gasteiger partial charge is 0.324 e. The number of hydrogen-bond donors (Lipinski definition) is 2. The van der Waals surface area contributed by atoms with Crippen LogP contribution in [0.1, 0.15) is 13.3 Å². The molecule has 1 heterocycles. The Morgan fingerprint density at radius 2 is 2.00 bits per heavy atom. The number of aromatic nitrogens is 2. The Morgan fingerprint density at radius 1 is 1.29 bits per heavy atom. The number of aromatic amines is 1. The number of hydrogen-bond acceptors (Lipinski definition) is 3. The fourth-order valence-corrected chi connectivity index (χ4v) is 2.95. The summed E-state index contributed by atoms with van der Waals surface area (Å²) in [5.41, 5.74) is 0. The van der Waals surface area contributed by atoms with Crippen molar-refractivity contribution in [2.24, 2.45) is 0 Å². The minimum Gasteiger partial charge on any atom is -0.489 e. The van der Waals surface area contributed by atoms with Crippen molar-refractivity contribution >= 4 is 46.8 Å². The van der Waals surface area contributed by atoms with E-state index in [1.165, 1.54) is 0 Å². The number of carbonyl (C=O) groups excluding carboxylic acids is 1. The van der Waals surface area contributed by atoms with Crippen molar-refractivity contribution in [3.05, 3.63) is 39.6 Å². The van der Waals surface area contributed by atoms with E-state index in [9.17, 15) is 4.79 Å². The third-order valence-corrected chi connectivity index (χ3v) is 3.85. The van der Waals surface area contributed by atoms with Gasteiger partial charge in [-0.2, -0.15) is 0 Å². The fourth-order valence-electron chi connectivity index (χ4n) is 2.02. The average molecular weight is 392 g/mol. The molecule has 24 heavy (non-hydrogen) atoms. The van der Waals surface area contributed by atoms with Crippen LogP contribution >= 0.6 is 34.8 Å². The van der Waals surface area contributed by atoms with Crippen LogP contribution in [0.4, 0.5) is 10.7 Å². The number of ether oxygens (including phenoxy) is 1. The zero-order valence-electron chi connectivity index (χ0n) is 13.0. The summed E-state index contributed by atoms with van der Waals surface area (Å²) < 4.78 is 5.62. The maximum Gasteiger partial charge on any atom is 0.324 e. The summed E-state index contributed by atoms with van der Waals surface area (Å²) in [5.74, 6) is 0.747. The van der Waals surface area contributed by atoms with Crippen molar-refractivity contribution in [2.45, 2.75) is 13.3 Å². The Kier molecular flexibility index (Phi) is 7.02. The van der Waals surface area contributed by atoms with Crippen LogP contribution in [0.5, 0.6) is 5.75 Å². The van der Waals surface area contributed by atoms with E-state index in [0.29, 0.717) is 39.9 Å².